The van der Waals surface area contributed by atoms with Crippen LogP contribution in [-0.4, -0.2) is 58.2 Å². The third kappa shape index (κ3) is 4.50. The first-order valence-electron chi connectivity index (χ1n) is 9.70. The maximum atomic E-state index is 14.9. The lowest BCUT2D eigenvalue weighted by Gasteiger charge is -2.51. The van der Waals surface area contributed by atoms with Crippen molar-refractivity contribution in [3.8, 4) is 22.6 Å². The molecule has 216 valence electrons. The molecule has 2 aromatic rings. The van der Waals surface area contributed by atoms with Gasteiger partial charge in [0, 0.05) is 0 Å². The average Bonchev–Trinajstić information content (AvgIpc) is 2.76. The molecule has 1 atom stereocenters. The SMILES string of the molecule is O=C(Oc1ccc(-c2ccc(O)cc2)cc1)C(F)(C(F)(F)F)C(F)(F)N1C(F)(F)C(F)(F)OC(F)(F)C1(F)F. The minimum atomic E-state index is -7.89. The zero-order valence-electron chi connectivity index (χ0n) is 18.0. The van der Waals surface area contributed by atoms with Gasteiger partial charge in [0.2, 0.25) is 0 Å². The van der Waals surface area contributed by atoms with Gasteiger partial charge in [-0.1, -0.05) is 24.3 Å². The van der Waals surface area contributed by atoms with Crippen LogP contribution in [0.25, 0.3) is 11.1 Å². The molecular formula is C20H9F14NO4. The van der Waals surface area contributed by atoms with Crippen molar-refractivity contribution in [1.82, 2.24) is 4.90 Å². The van der Waals surface area contributed by atoms with Crippen LogP contribution in [0, 0.1) is 0 Å². The van der Waals surface area contributed by atoms with E-state index in [9.17, 15) is 71.4 Å². The summed E-state index contributed by atoms with van der Waals surface area (Å²) in [6.45, 7) is 0. The number of alkyl halides is 14. The highest BCUT2D eigenvalue weighted by molar-refractivity contribution is 5.84. The summed E-state index contributed by atoms with van der Waals surface area (Å²) in [5.41, 5.74) is -6.92. The molecule has 39 heavy (non-hydrogen) atoms. The van der Waals surface area contributed by atoms with E-state index < -0.39 is 58.8 Å². The third-order valence-corrected chi connectivity index (χ3v) is 5.15. The number of benzene rings is 2. The summed E-state index contributed by atoms with van der Waals surface area (Å²) < 4.78 is 199. The Morgan fingerprint density at radius 2 is 1.10 bits per heavy atom. The number of hydrogen-bond donors (Lipinski definition) is 1. The van der Waals surface area contributed by atoms with Crippen LogP contribution in [0.4, 0.5) is 61.5 Å². The van der Waals surface area contributed by atoms with Crippen molar-refractivity contribution in [2.45, 2.75) is 42.2 Å². The highest BCUT2D eigenvalue weighted by Crippen LogP contribution is 2.62. The predicted octanol–water partition coefficient (Wildman–Crippen LogP) is 6.53. The van der Waals surface area contributed by atoms with Gasteiger partial charge in [0.1, 0.15) is 11.5 Å². The van der Waals surface area contributed by atoms with E-state index >= 15 is 0 Å². The molecule has 0 aliphatic carbocycles. The summed E-state index contributed by atoms with van der Waals surface area (Å²) in [4.78, 5) is 7.89. The van der Waals surface area contributed by atoms with E-state index in [-0.39, 0.29) is 11.3 Å². The van der Waals surface area contributed by atoms with Crippen molar-refractivity contribution in [3.05, 3.63) is 48.5 Å². The van der Waals surface area contributed by atoms with E-state index in [1.54, 1.807) is 0 Å². The number of phenols is 1. The van der Waals surface area contributed by atoms with Gasteiger partial charge in [-0.2, -0.15) is 57.1 Å². The predicted molar refractivity (Wildman–Crippen MR) is 96.7 cm³/mol. The number of phenolic OH excluding ortho intramolecular Hbond substituents is 1. The second-order valence-corrected chi connectivity index (χ2v) is 7.71. The van der Waals surface area contributed by atoms with Crippen LogP contribution in [0.5, 0.6) is 11.5 Å². The van der Waals surface area contributed by atoms with Gasteiger partial charge in [-0.05, 0) is 35.4 Å². The van der Waals surface area contributed by atoms with Gasteiger partial charge in [0.15, 0.2) is 0 Å². The van der Waals surface area contributed by atoms with Crippen molar-refractivity contribution in [1.29, 1.82) is 0 Å². The number of hydrogen-bond acceptors (Lipinski definition) is 5. The molecule has 19 heteroatoms. The lowest BCUT2D eigenvalue weighted by molar-refractivity contribution is -0.592. The van der Waals surface area contributed by atoms with Gasteiger partial charge >= 0.3 is 48.2 Å². The Hall–Kier alpha value is -3.35. The van der Waals surface area contributed by atoms with Crippen LogP contribution < -0.4 is 4.74 Å². The molecule has 5 nitrogen and oxygen atoms in total. The number of ether oxygens (including phenoxy) is 2. The zero-order valence-corrected chi connectivity index (χ0v) is 18.0. The minimum absolute atomic E-state index is 0.152. The van der Waals surface area contributed by atoms with E-state index in [2.05, 4.69) is 4.74 Å². The molecule has 1 aliphatic heterocycles. The van der Waals surface area contributed by atoms with Gasteiger partial charge in [0.05, 0.1) is 0 Å². The van der Waals surface area contributed by atoms with Gasteiger partial charge in [-0.25, -0.2) is 13.9 Å². The standard InChI is InChI=1S/C20H9F14NO4/c21-14(15(22,23)24,13(37)38-12-7-3-10(4-8-12)9-1-5-11(36)6-2-9)16(25,26)35-17(27,28)19(31,32)39-20(33,34)18(35,29)30/h1-8,36H. The molecular weight excluding hydrogens is 584 g/mol. The second-order valence-electron chi connectivity index (χ2n) is 7.71. The van der Waals surface area contributed by atoms with E-state index in [0.717, 1.165) is 12.1 Å². The Morgan fingerprint density at radius 1 is 0.718 bits per heavy atom. The molecule has 0 spiro atoms. The molecule has 1 fully saturated rings. The fourth-order valence-electron chi connectivity index (χ4n) is 3.18. The van der Waals surface area contributed by atoms with Crippen molar-refractivity contribution in [3.63, 3.8) is 0 Å². The quantitative estimate of drug-likeness (QED) is 0.185. The van der Waals surface area contributed by atoms with Crippen LogP contribution in [0.1, 0.15) is 0 Å². The van der Waals surface area contributed by atoms with Crippen molar-refractivity contribution in [2.75, 3.05) is 0 Å². The molecule has 1 heterocycles. The first kappa shape index (κ1) is 30.2. The Balaban J connectivity index is 2.07. The number of halogens is 14. The molecule has 2 aromatic carbocycles. The first-order chi connectivity index (χ1) is 17.4. The summed E-state index contributed by atoms with van der Waals surface area (Å²) in [6, 6.07) is -15.0. The Morgan fingerprint density at radius 3 is 1.49 bits per heavy atom. The first-order valence-corrected chi connectivity index (χ1v) is 9.70. The minimum Gasteiger partial charge on any atom is -0.508 e. The summed E-state index contributed by atoms with van der Waals surface area (Å²) in [7, 11) is 0. The van der Waals surface area contributed by atoms with Crippen LogP contribution >= 0.6 is 0 Å². The molecule has 0 saturated carbocycles. The summed E-state index contributed by atoms with van der Waals surface area (Å²) in [5, 5.41) is 9.24. The Labute approximate surface area is 206 Å². The molecule has 0 bridgehead atoms. The van der Waals surface area contributed by atoms with Crippen molar-refractivity contribution in [2.24, 2.45) is 0 Å². The molecule has 3 rings (SSSR count). The topological polar surface area (TPSA) is 59.0 Å². The molecule has 0 amide bonds. The molecule has 0 radical (unpaired) electrons. The largest absolute Gasteiger partial charge is 0.508 e. The fraction of sp³-hybridized carbons (Fsp3) is 0.350. The lowest BCUT2D eigenvalue weighted by atomic mass is 9.99. The van der Waals surface area contributed by atoms with E-state index in [4.69, 9.17) is 0 Å². The molecule has 1 aliphatic rings. The maximum absolute atomic E-state index is 14.9. The molecule has 1 unspecified atom stereocenters. The zero-order chi connectivity index (χ0) is 30.0. The molecule has 0 aromatic heterocycles. The molecule has 1 saturated heterocycles. The van der Waals surface area contributed by atoms with Crippen molar-refractivity contribution >= 4 is 5.97 Å². The Bertz CT molecular complexity index is 1200. The highest BCUT2D eigenvalue weighted by atomic mass is 19.4. The van der Waals surface area contributed by atoms with Crippen LogP contribution in [0.15, 0.2) is 48.5 Å². The van der Waals surface area contributed by atoms with E-state index in [0.29, 0.717) is 17.7 Å². The van der Waals surface area contributed by atoms with Crippen molar-refractivity contribution < 1.29 is 80.8 Å². The lowest BCUT2D eigenvalue weighted by Crippen LogP contribution is -2.82. The second kappa shape index (κ2) is 8.83. The van der Waals surface area contributed by atoms with Crippen LogP contribution in [-0.2, 0) is 9.53 Å². The van der Waals surface area contributed by atoms with Crippen LogP contribution in [0.2, 0.25) is 0 Å². The summed E-state index contributed by atoms with van der Waals surface area (Å²) >= 11 is 0. The fourth-order valence-corrected chi connectivity index (χ4v) is 3.18. The van der Waals surface area contributed by atoms with E-state index in [1.807, 2.05) is 4.74 Å². The highest BCUT2D eigenvalue weighted by Gasteiger charge is 2.93. The van der Waals surface area contributed by atoms with Crippen LogP contribution in [0.3, 0.4) is 0 Å². The Kier molecular flexibility index (Phi) is 6.84. The molecule has 1 N–H and O–H groups in total. The smallest absolute Gasteiger partial charge is 0.441 e. The monoisotopic (exact) mass is 593 g/mol. The number of esters is 1. The number of nitrogens with zero attached hydrogens (tertiary/aromatic N) is 1. The number of morpholine rings is 1. The summed E-state index contributed by atoms with van der Waals surface area (Å²) in [5.74, 6) is -5.38. The van der Waals surface area contributed by atoms with Gasteiger partial charge in [-0.3, -0.25) is 0 Å². The third-order valence-electron chi connectivity index (χ3n) is 5.15. The number of aromatic hydroxyl groups is 1. The van der Waals surface area contributed by atoms with E-state index in [1.165, 1.54) is 24.3 Å². The van der Waals surface area contributed by atoms with Gasteiger partial charge in [-0.15, -0.1) is 4.90 Å². The average molecular weight is 593 g/mol. The normalized spacial score (nSPS) is 22.1. The number of carbonyl (C=O) groups is 1. The number of rotatable bonds is 5. The number of carbonyl (C=O) groups excluding carboxylic acids is 1. The maximum Gasteiger partial charge on any atom is 0.441 e. The van der Waals surface area contributed by atoms with Gasteiger partial charge in [0.25, 0.3) is 0 Å². The summed E-state index contributed by atoms with van der Waals surface area (Å²) in [6.07, 6.45) is -21.6. The van der Waals surface area contributed by atoms with Gasteiger partial charge < -0.3 is 9.84 Å².